The van der Waals surface area contributed by atoms with Crippen molar-refractivity contribution < 1.29 is 9.53 Å². The molecule has 1 heterocycles. The van der Waals surface area contributed by atoms with E-state index in [0.717, 1.165) is 12.0 Å². The van der Waals surface area contributed by atoms with Gasteiger partial charge in [0.05, 0.1) is 6.54 Å². The summed E-state index contributed by atoms with van der Waals surface area (Å²) in [4.78, 5) is 13.2. The molecule has 1 aliphatic heterocycles. The molecule has 0 radical (unpaired) electrons. The van der Waals surface area contributed by atoms with Gasteiger partial charge < -0.3 is 9.64 Å². The van der Waals surface area contributed by atoms with Crippen LogP contribution in [0.15, 0.2) is 24.3 Å². The molecule has 1 aromatic rings. The standard InChI is InChI=1S/C13H16ClNO2/c1-2-10-3-5-11(6-4-10)12-9-15(8-7-14)13(16)17-12/h3-6,12H,2,7-9H2,1H3. The highest BCUT2D eigenvalue weighted by atomic mass is 35.5. The van der Waals surface area contributed by atoms with E-state index in [4.69, 9.17) is 16.3 Å². The third-order valence-corrected chi connectivity index (χ3v) is 3.17. The lowest BCUT2D eigenvalue weighted by Gasteiger charge is -2.10. The van der Waals surface area contributed by atoms with Crippen LogP contribution in [-0.2, 0) is 11.2 Å². The fourth-order valence-corrected chi connectivity index (χ4v) is 2.14. The van der Waals surface area contributed by atoms with E-state index in [1.54, 1.807) is 4.90 Å². The first kappa shape index (κ1) is 12.2. The molecule has 1 aliphatic rings. The number of ether oxygens (including phenoxy) is 1. The summed E-state index contributed by atoms with van der Waals surface area (Å²) in [6.45, 7) is 3.26. The molecule has 1 amide bonds. The molecule has 3 nitrogen and oxygen atoms in total. The van der Waals surface area contributed by atoms with E-state index in [1.165, 1.54) is 5.56 Å². The van der Waals surface area contributed by atoms with E-state index in [2.05, 4.69) is 19.1 Å². The number of alkyl halides is 1. The van der Waals surface area contributed by atoms with Crippen LogP contribution in [0.5, 0.6) is 0 Å². The lowest BCUT2D eigenvalue weighted by Crippen LogP contribution is -2.26. The van der Waals surface area contributed by atoms with Gasteiger partial charge in [0.25, 0.3) is 0 Å². The molecule has 17 heavy (non-hydrogen) atoms. The van der Waals surface area contributed by atoms with Gasteiger partial charge in [0.2, 0.25) is 0 Å². The monoisotopic (exact) mass is 253 g/mol. The Balaban J connectivity index is 2.06. The summed E-state index contributed by atoms with van der Waals surface area (Å²) >= 11 is 5.63. The van der Waals surface area contributed by atoms with Gasteiger partial charge in [0, 0.05) is 12.4 Å². The lowest BCUT2D eigenvalue weighted by molar-refractivity contribution is 0.133. The third kappa shape index (κ3) is 2.72. The van der Waals surface area contributed by atoms with E-state index >= 15 is 0 Å². The molecular weight excluding hydrogens is 238 g/mol. The molecule has 0 aliphatic carbocycles. The first-order valence-electron chi connectivity index (χ1n) is 5.85. The minimum absolute atomic E-state index is 0.156. The van der Waals surface area contributed by atoms with Gasteiger partial charge in [-0.25, -0.2) is 4.79 Å². The number of carbonyl (C=O) groups excluding carboxylic acids is 1. The van der Waals surface area contributed by atoms with Crippen molar-refractivity contribution in [3.8, 4) is 0 Å². The number of hydrogen-bond donors (Lipinski definition) is 0. The molecule has 1 atom stereocenters. The largest absolute Gasteiger partial charge is 0.439 e. The van der Waals surface area contributed by atoms with E-state index in [1.807, 2.05) is 12.1 Å². The quantitative estimate of drug-likeness (QED) is 0.772. The Kier molecular flexibility index (Phi) is 3.89. The Morgan fingerprint density at radius 1 is 1.41 bits per heavy atom. The van der Waals surface area contributed by atoms with Crippen LogP contribution in [0.4, 0.5) is 4.79 Å². The summed E-state index contributed by atoms with van der Waals surface area (Å²) in [5.74, 6) is 0.441. The van der Waals surface area contributed by atoms with Crippen molar-refractivity contribution >= 4 is 17.7 Å². The fourth-order valence-electron chi connectivity index (χ4n) is 1.93. The summed E-state index contributed by atoms with van der Waals surface area (Å²) < 4.78 is 5.31. The molecule has 1 aromatic carbocycles. The Morgan fingerprint density at radius 3 is 2.71 bits per heavy atom. The Bertz CT molecular complexity index is 391. The smallest absolute Gasteiger partial charge is 0.410 e. The van der Waals surface area contributed by atoms with Gasteiger partial charge in [-0.1, -0.05) is 31.2 Å². The molecule has 1 fully saturated rings. The van der Waals surface area contributed by atoms with Gasteiger partial charge >= 0.3 is 6.09 Å². The summed E-state index contributed by atoms with van der Waals surface area (Å²) in [6.07, 6.45) is 0.593. The van der Waals surface area contributed by atoms with Crippen LogP contribution >= 0.6 is 11.6 Å². The molecular formula is C13H16ClNO2. The van der Waals surface area contributed by atoms with Crippen LogP contribution in [0.3, 0.4) is 0 Å². The normalized spacial score (nSPS) is 19.5. The van der Waals surface area contributed by atoms with Crippen molar-refractivity contribution in [3.63, 3.8) is 0 Å². The molecule has 4 heteroatoms. The molecule has 92 valence electrons. The molecule has 0 N–H and O–H groups in total. The number of amides is 1. The zero-order valence-corrected chi connectivity index (χ0v) is 10.6. The topological polar surface area (TPSA) is 29.5 Å². The predicted octanol–water partition coefficient (Wildman–Crippen LogP) is 2.98. The average molecular weight is 254 g/mol. The van der Waals surface area contributed by atoms with Crippen molar-refractivity contribution in [1.82, 2.24) is 4.90 Å². The highest BCUT2D eigenvalue weighted by Gasteiger charge is 2.31. The highest BCUT2D eigenvalue weighted by Crippen LogP contribution is 2.26. The Hall–Kier alpha value is -1.22. The summed E-state index contributed by atoms with van der Waals surface area (Å²) in [5.41, 5.74) is 2.34. The average Bonchev–Trinajstić information content (AvgIpc) is 2.72. The van der Waals surface area contributed by atoms with E-state index in [0.29, 0.717) is 19.0 Å². The van der Waals surface area contributed by atoms with Crippen LogP contribution in [0.2, 0.25) is 0 Å². The lowest BCUT2D eigenvalue weighted by atomic mass is 10.1. The fraction of sp³-hybridized carbons (Fsp3) is 0.462. The van der Waals surface area contributed by atoms with Crippen LogP contribution in [0, 0.1) is 0 Å². The Morgan fingerprint density at radius 2 is 2.12 bits per heavy atom. The second kappa shape index (κ2) is 5.41. The Labute approximate surface area is 106 Å². The maximum atomic E-state index is 11.5. The van der Waals surface area contributed by atoms with Gasteiger partial charge in [0.15, 0.2) is 0 Å². The molecule has 0 aromatic heterocycles. The first-order chi connectivity index (χ1) is 8.24. The van der Waals surface area contributed by atoms with Crippen LogP contribution in [0.1, 0.15) is 24.2 Å². The van der Waals surface area contributed by atoms with Crippen molar-refractivity contribution in [2.45, 2.75) is 19.4 Å². The second-order valence-corrected chi connectivity index (χ2v) is 4.48. The zero-order chi connectivity index (χ0) is 12.3. The number of rotatable bonds is 4. The predicted molar refractivity (Wildman–Crippen MR) is 67.3 cm³/mol. The summed E-state index contributed by atoms with van der Waals surface area (Å²) in [6, 6.07) is 8.21. The van der Waals surface area contributed by atoms with Gasteiger partial charge in [-0.2, -0.15) is 0 Å². The minimum atomic E-state index is -0.268. The third-order valence-electron chi connectivity index (χ3n) is 3.00. The number of halogens is 1. The first-order valence-corrected chi connectivity index (χ1v) is 6.38. The number of carbonyl (C=O) groups is 1. The number of aryl methyl sites for hydroxylation is 1. The summed E-state index contributed by atoms with van der Waals surface area (Å²) in [5, 5.41) is 0. The number of hydrogen-bond acceptors (Lipinski definition) is 2. The molecule has 1 saturated heterocycles. The van der Waals surface area contributed by atoms with E-state index in [-0.39, 0.29) is 12.2 Å². The van der Waals surface area contributed by atoms with Crippen molar-refractivity contribution in [2.75, 3.05) is 19.0 Å². The second-order valence-electron chi connectivity index (χ2n) is 4.10. The van der Waals surface area contributed by atoms with Crippen molar-refractivity contribution in [2.24, 2.45) is 0 Å². The maximum Gasteiger partial charge on any atom is 0.410 e. The van der Waals surface area contributed by atoms with Crippen LogP contribution in [0.25, 0.3) is 0 Å². The number of nitrogens with zero attached hydrogens (tertiary/aromatic N) is 1. The molecule has 0 saturated carbocycles. The zero-order valence-electron chi connectivity index (χ0n) is 9.86. The van der Waals surface area contributed by atoms with Gasteiger partial charge in [-0.05, 0) is 17.5 Å². The molecule has 0 spiro atoms. The minimum Gasteiger partial charge on any atom is -0.439 e. The van der Waals surface area contributed by atoms with E-state index < -0.39 is 0 Å². The SMILES string of the molecule is CCc1ccc(C2CN(CCCl)C(=O)O2)cc1. The van der Waals surface area contributed by atoms with Gasteiger partial charge in [-0.15, -0.1) is 11.6 Å². The number of cyclic esters (lactones) is 1. The van der Waals surface area contributed by atoms with E-state index in [9.17, 15) is 4.79 Å². The van der Waals surface area contributed by atoms with Crippen LogP contribution in [-0.4, -0.2) is 30.0 Å². The van der Waals surface area contributed by atoms with Crippen molar-refractivity contribution in [1.29, 1.82) is 0 Å². The molecule has 0 bridgehead atoms. The maximum absolute atomic E-state index is 11.5. The van der Waals surface area contributed by atoms with Gasteiger partial charge in [0.1, 0.15) is 6.10 Å². The highest BCUT2D eigenvalue weighted by molar-refractivity contribution is 6.18. The summed E-state index contributed by atoms with van der Waals surface area (Å²) in [7, 11) is 0. The van der Waals surface area contributed by atoms with Crippen LogP contribution < -0.4 is 0 Å². The van der Waals surface area contributed by atoms with Gasteiger partial charge in [-0.3, -0.25) is 0 Å². The molecule has 2 rings (SSSR count). The molecule has 1 unspecified atom stereocenters. The number of benzene rings is 1. The van der Waals surface area contributed by atoms with Crippen molar-refractivity contribution in [3.05, 3.63) is 35.4 Å².